The summed E-state index contributed by atoms with van der Waals surface area (Å²) in [5, 5.41) is 5.11. The highest BCUT2D eigenvalue weighted by atomic mass is 32.2. The van der Waals surface area contributed by atoms with Gasteiger partial charge in [-0.25, -0.2) is 0 Å². The van der Waals surface area contributed by atoms with Crippen molar-refractivity contribution in [1.29, 1.82) is 0 Å². The zero-order valence-corrected chi connectivity index (χ0v) is 12.8. The average molecular weight is 277 g/mol. The highest BCUT2D eigenvalue weighted by Crippen LogP contribution is 2.25. The van der Waals surface area contributed by atoms with Crippen LogP contribution in [0.1, 0.15) is 27.2 Å². The number of hydrogen-bond acceptors (Lipinski definition) is 4. The Bertz CT molecular complexity index is 424. The first-order chi connectivity index (χ1) is 9.26. The van der Waals surface area contributed by atoms with Crippen LogP contribution in [0.2, 0.25) is 0 Å². The summed E-state index contributed by atoms with van der Waals surface area (Å²) in [6, 6.07) is 8.62. The van der Waals surface area contributed by atoms with Gasteiger partial charge >= 0.3 is 0 Å². The Kier molecular flexibility index (Phi) is 5.14. The molecule has 19 heavy (non-hydrogen) atoms. The van der Waals surface area contributed by atoms with Crippen LogP contribution < -0.4 is 10.2 Å². The van der Waals surface area contributed by atoms with Gasteiger partial charge in [-0.2, -0.15) is 0 Å². The molecule has 0 radical (unpaired) electrons. The predicted molar refractivity (Wildman–Crippen MR) is 87.6 cm³/mol. The van der Waals surface area contributed by atoms with Crippen LogP contribution in [0.15, 0.2) is 29.3 Å². The number of aliphatic imine (C=N–C) groups is 1. The summed E-state index contributed by atoms with van der Waals surface area (Å²) >= 11 is 1.85. The van der Waals surface area contributed by atoms with Gasteiger partial charge in [-0.15, -0.1) is 0 Å². The van der Waals surface area contributed by atoms with Gasteiger partial charge in [0.25, 0.3) is 0 Å². The van der Waals surface area contributed by atoms with Crippen molar-refractivity contribution >= 4 is 28.3 Å². The molecule has 1 N–H and O–H groups in total. The van der Waals surface area contributed by atoms with Gasteiger partial charge in [0.1, 0.15) is 0 Å². The molecule has 0 spiro atoms. The molecule has 1 aromatic carbocycles. The molecule has 4 heteroatoms. The van der Waals surface area contributed by atoms with Crippen molar-refractivity contribution < 1.29 is 0 Å². The molecule has 0 fully saturated rings. The lowest BCUT2D eigenvalue weighted by molar-refractivity contribution is 0.843. The molecule has 0 bridgehead atoms. The van der Waals surface area contributed by atoms with E-state index in [1.165, 1.54) is 12.1 Å². The van der Waals surface area contributed by atoms with E-state index in [1.807, 2.05) is 11.8 Å². The summed E-state index contributed by atoms with van der Waals surface area (Å²) in [5.74, 6) is 0. The number of amidine groups is 1. The molecular formula is C15H23N3S. The Morgan fingerprint density at radius 1 is 1.21 bits per heavy atom. The van der Waals surface area contributed by atoms with Gasteiger partial charge in [0.2, 0.25) is 0 Å². The van der Waals surface area contributed by atoms with E-state index in [0.29, 0.717) is 5.25 Å². The fraction of sp³-hybridized carbons (Fsp3) is 0.533. The number of nitrogens with zero attached hydrogens (tertiary/aromatic N) is 2. The minimum absolute atomic E-state index is 0.650. The summed E-state index contributed by atoms with van der Waals surface area (Å²) in [6.45, 7) is 9.62. The number of rotatable bonds is 5. The van der Waals surface area contributed by atoms with Crippen molar-refractivity contribution in [3.05, 3.63) is 24.3 Å². The van der Waals surface area contributed by atoms with E-state index in [9.17, 15) is 0 Å². The third kappa shape index (κ3) is 3.66. The summed E-state index contributed by atoms with van der Waals surface area (Å²) in [4.78, 5) is 6.88. The predicted octanol–water partition coefficient (Wildman–Crippen LogP) is 3.83. The number of benzene rings is 1. The smallest absolute Gasteiger partial charge is 0.161 e. The van der Waals surface area contributed by atoms with Crippen LogP contribution >= 0.6 is 11.8 Å². The molecule has 1 unspecified atom stereocenters. The van der Waals surface area contributed by atoms with Crippen LogP contribution in [0.5, 0.6) is 0 Å². The van der Waals surface area contributed by atoms with Gasteiger partial charge in [0.15, 0.2) is 5.17 Å². The van der Waals surface area contributed by atoms with Crippen LogP contribution in [0.25, 0.3) is 0 Å². The standard InChI is InChI=1S/C15H23N3S/c1-4-14-11-16-15(19-14)17-12-7-9-13(10-8-12)18(5-2)6-3/h7-10,14H,4-6,11H2,1-3H3,(H,16,17). The third-order valence-electron chi connectivity index (χ3n) is 3.42. The lowest BCUT2D eigenvalue weighted by Crippen LogP contribution is -2.21. The quantitative estimate of drug-likeness (QED) is 0.886. The van der Waals surface area contributed by atoms with E-state index in [4.69, 9.17) is 0 Å². The third-order valence-corrected chi connectivity index (χ3v) is 4.69. The number of nitrogens with one attached hydrogen (secondary N) is 1. The molecule has 0 aliphatic carbocycles. The van der Waals surface area contributed by atoms with E-state index < -0.39 is 0 Å². The van der Waals surface area contributed by atoms with Crippen molar-refractivity contribution in [2.24, 2.45) is 4.99 Å². The largest absolute Gasteiger partial charge is 0.372 e. The van der Waals surface area contributed by atoms with Crippen LogP contribution in [-0.4, -0.2) is 30.1 Å². The van der Waals surface area contributed by atoms with Gasteiger partial charge in [0.05, 0.1) is 6.54 Å². The van der Waals surface area contributed by atoms with Crippen molar-refractivity contribution in [3.63, 3.8) is 0 Å². The minimum atomic E-state index is 0.650. The minimum Gasteiger partial charge on any atom is -0.372 e. The monoisotopic (exact) mass is 277 g/mol. The van der Waals surface area contributed by atoms with Gasteiger partial charge in [-0.3, -0.25) is 4.99 Å². The molecule has 0 aromatic heterocycles. The van der Waals surface area contributed by atoms with E-state index in [0.717, 1.165) is 30.5 Å². The Morgan fingerprint density at radius 3 is 2.42 bits per heavy atom. The summed E-state index contributed by atoms with van der Waals surface area (Å²) in [5.41, 5.74) is 2.40. The van der Waals surface area contributed by atoms with Crippen LogP contribution in [0.4, 0.5) is 11.4 Å². The van der Waals surface area contributed by atoms with E-state index >= 15 is 0 Å². The van der Waals surface area contributed by atoms with Crippen LogP contribution in [-0.2, 0) is 0 Å². The number of thioether (sulfide) groups is 1. The molecule has 0 amide bonds. The first-order valence-corrected chi connectivity index (χ1v) is 7.97. The van der Waals surface area contributed by atoms with Gasteiger partial charge in [-0.05, 0) is 44.5 Å². The molecule has 1 aliphatic rings. The van der Waals surface area contributed by atoms with Crippen molar-refractivity contribution in [1.82, 2.24) is 0 Å². The van der Waals surface area contributed by atoms with Gasteiger partial charge in [-0.1, -0.05) is 18.7 Å². The average Bonchev–Trinajstić information content (AvgIpc) is 2.90. The van der Waals surface area contributed by atoms with Crippen molar-refractivity contribution in [2.75, 3.05) is 29.9 Å². The van der Waals surface area contributed by atoms with Crippen LogP contribution in [0.3, 0.4) is 0 Å². The Balaban J connectivity index is 1.96. The maximum Gasteiger partial charge on any atom is 0.161 e. The molecule has 104 valence electrons. The lowest BCUT2D eigenvalue weighted by Gasteiger charge is -2.21. The fourth-order valence-electron chi connectivity index (χ4n) is 2.17. The van der Waals surface area contributed by atoms with Crippen molar-refractivity contribution in [3.8, 4) is 0 Å². The maximum absolute atomic E-state index is 4.53. The van der Waals surface area contributed by atoms with Gasteiger partial charge in [0, 0.05) is 29.7 Å². The molecule has 1 atom stereocenters. The summed E-state index contributed by atoms with van der Waals surface area (Å²) < 4.78 is 0. The normalized spacial score (nSPS) is 18.3. The topological polar surface area (TPSA) is 27.6 Å². The Hall–Kier alpha value is -1.16. The summed E-state index contributed by atoms with van der Waals surface area (Å²) in [6.07, 6.45) is 1.18. The summed E-state index contributed by atoms with van der Waals surface area (Å²) in [7, 11) is 0. The molecule has 0 saturated carbocycles. The van der Waals surface area contributed by atoms with E-state index in [1.54, 1.807) is 0 Å². The highest BCUT2D eigenvalue weighted by molar-refractivity contribution is 8.15. The second-order valence-corrected chi connectivity index (χ2v) is 5.93. The molecular weight excluding hydrogens is 254 g/mol. The Morgan fingerprint density at radius 2 is 1.89 bits per heavy atom. The van der Waals surface area contributed by atoms with E-state index in [-0.39, 0.29) is 0 Å². The fourth-order valence-corrected chi connectivity index (χ4v) is 3.12. The number of anilines is 2. The van der Waals surface area contributed by atoms with Crippen molar-refractivity contribution in [2.45, 2.75) is 32.4 Å². The molecule has 1 aliphatic heterocycles. The maximum atomic E-state index is 4.53. The second-order valence-electron chi connectivity index (χ2n) is 4.64. The first-order valence-electron chi connectivity index (χ1n) is 7.09. The van der Waals surface area contributed by atoms with Crippen LogP contribution in [0, 0.1) is 0 Å². The van der Waals surface area contributed by atoms with E-state index in [2.05, 4.69) is 60.2 Å². The number of hydrogen-bond donors (Lipinski definition) is 1. The molecule has 1 aromatic rings. The second kappa shape index (κ2) is 6.85. The zero-order valence-electron chi connectivity index (χ0n) is 12.0. The molecule has 1 heterocycles. The highest BCUT2D eigenvalue weighted by Gasteiger charge is 2.17. The molecule has 2 rings (SSSR count). The zero-order chi connectivity index (χ0) is 13.7. The molecule has 3 nitrogen and oxygen atoms in total. The first kappa shape index (κ1) is 14.3. The SMILES string of the molecule is CCC1CN=C(Nc2ccc(N(CC)CC)cc2)S1. The van der Waals surface area contributed by atoms with Gasteiger partial charge < -0.3 is 10.2 Å². The lowest BCUT2D eigenvalue weighted by atomic mass is 10.2. The molecule has 0 saturated heterocycles. The Labute approximate surface area is 120 Å².